The molecule has 2 unspecified atom stereocenters. The van der Waals surface area contributed by atoms with Gasteiger partial charge in [-0.25, -0.2) is 4.79 Å². The summed E-state index contributed by atoms with van der Waals surface area (Å²) in [5, 5.41) is 18.4. The lowest BCUT2D eigenvalue weighted by atomic mass is 9.84. The Morgan fingerprint density at radius 1 is 1.50 bits per heavy atom. The minimum atomic E-state index is -1.44. The van der Waals surface area contributed by atoms with E-state index in [1.807, 2.05) is 6.07 Å². The van der Waals surface area contributed by atoms with Crippen molar-refractivity contribution < 1.29 is 15.0 Å². The molecule has 86 valence electrons. The number of aliphatic hydroxyl groups is 1. The molecule has 0 radical (unpaired) electrons. The lowest BCUT2D eigenvalue weighted by Crippen LogP contribution is -2.21. The number of aliphatic carboxylic acids is 1. The molecule has 4 heteroatoms. The minimum Gasteiger partial charge on any atom is -0.479 e. The molecule has 0 spiro atoms. The smallest absolute Gasteiger partial charge is 0.337 e. The fourth-order valence-corrected chi connectivity index (χ4v) is 2.30. The summed E-state index contributed by atoms with van der Waals surface area (Å²) in [6, 6.07) is 5.29. The Kier molecular flexibility index (Phi) is 2.94. The van der Waals surface area contributed by atoms with Gasteiger partial charge in [-0.3, -0.25) is 0 Å². The van der Waals surface area contributed by atoms with E-state index in [0.717, 1.165) is 30.4 Å². The van der Waals surface area contributed by atoms with Crippen LogP contribution >= 0.6 is 0 Å². The van der Waals surface area contributed by atoms with Crippen LogP contribution in [0, 0.1) is 0 Å². The zero-order valence-corrected chi connectivity index (χ0v) is 8.89. The molecule has 2 rings (SSSR count). The highest BCUT2D eigenvalue weighted by Gasteiger charge is 2.25. The van der Waals surface area contributed by atoms with E-state index in [4.69, 9.17) is 10.8 Å². The van der Waals surface area contributed by atoms with Crippen LogP contribution in [0.1, 0.15) is 41.7 Å². The molecule has 1 aliphatic rings. The maximum Gasteiger partial charge on any atom is 0.337 e. The number of nitrogens with two attached hydrogens (primary N) is 1. The van der Waals surface area contributed by atoms with Crippen molar-refractivity contribution in [2.45, 2.75) is 31.4 Å². The maximum atomic E-state index is 10.8. The van der Waals surface area contributed by atoms with Crippen molar-refractivity contribution in [3.8, 4) is 0 Å². The number of carboxylic acid groups (broad SMARTS) is 1. The Morgan fingerprint density at radius 3 is 2.94 bits per heavy atom. The molecule has 1 aromatic rings. The highest BCUT2D eigenvalue weighted by atomic mass is 16.4. The second-order valence-corrected chi connectivity index (χ2v) is 4.15. The van der Waals surface area contributed by atoms with Gasteiger partial charge in [-0.1, -0.05) is 18.2 Å². The molecule has 0 amide bonds. The van der Waals surface area contributed by atoms with Crippen molar-refractivity contribution in [3.05, 3.63) is 34.9 Å². The molecule has 4 N–H and O–H groups in total. The molecule has 1 aliphatic carbocycles. The van der Waals surface area contributed by atoms with Crippen LogP contribution in [0.3, 0.4) is 0 Å². The van der Waals surface area contributed by atoms with E-state index in [-0.39, 0.29) is 6.04 Å². The number of carbonyl (C=O) groups is 1. The third-order valence-corrected chi connectivity index (χ3v) is 3.12. The van der Waals surface area contributed by atoms with Crippen molar-refractivity contribution >= 4 is 5.97 Å². The highest BCUT2D eigenvalue weighted by Crippen LogP contribution is 2.32. The van der Waals surface area contributed by atoms with Crippen LogP contribution in [-0.2, 0) is 11.2 Å². The van der Waals surface area contributed by atoms with E-state index in [1.54, 1.807) is 12.1 Å². The molecular weight excluding hydrogens is 206 g/mol. The molecule has 0 bridgehead atoms. The summed E-state index contributed by atoms with van der Waals surface area (Å²) in [6.45, 7) is 0. The van der Waals surface area contributed by atoms with E-state index in [0.29, 0.717) is 5.56 Å². The number of hydrogen-bond acceptors (Lipinski definition) is 3. The summed E-state index contributed by atoms with van der Waals surface area (Å²) in [6.07, 6.45) is 1.21. The van der Waals surface area contributed by atoms with Crippen molar-refractivity contribution in [1.82, 2.24) is 0 Å². The Balaban J connectivity index is 2.47. The van der Waals surface area contributed by atoms with Gasteiger partial charge >= 0.3 is 5.97 Å². The van der Waals surface area contributed by atoms with E-state index in [9.17, 15) is 9.90 Å². The molecule has 0 saturated carbocycles. The van der Waals surface area contributed by atoms with Crippen LogP contribution in [0.4, 0.5) is 0 Å². The molecule has 1 aromatic carbocycles. The van der Waals surface area contributed by atoms with Gasteiger partial charge in [-0.15, -0.1) is 0 Å². The minimum absolute atomic E-state index is 0.0373. The van der Waals surface area contributed by atoms with Crippen LogP contribution in [0.25, 0.3) is 0 Å². The van der Waals surface area contributed by atoms with Crippen molar-refractivity contribution in [3.63, 3.8) is 0 Å². The average Bonchev–Trinajstić information content (AvgIpc) is 2.28. The van der Waals surface area contributed by atoms with Crippen LogP contribution in [-0.4, -0.2) is 16.2 Å². The monoisotopic (exact) mass is 221 g/mol. The zero-order valence-electron chi connectivity index (χ0n) is 8.89. The predicted octanol–water partition coefficient (Wildman–Crippen LogP) is 1.14. The second-order valence-electron chi connectivity index (χ2n) is 4.15. The van der Waals surface area contributed by atoms with Crippen LogP contribution in [0.15, 0.2) is 18.2 Å². The first-order valence-corrected chi connectivity index (χ1v) is 5.39. The Bertz CT molecular complexity index is 417. The van der Waals surface area contributed by atoms with Gasteiger partial charge in [0, 0.05) is 6.04 Å². The van der Waals surface area contributed by atoms with Crippen LogP contribution < -0.4 is 5.73 Å². The van der Waals surface area contributed by atoms with E-state index in [2.05, 4.69) is 0 Å². The first-order valence-electron chi connectivity index (χ1n) is 5.39. The first-order chi connectivity index (χ1) is 7.61. The fraction of sp³-hybridized carbons (Fsp3) is 0.417. The summed E-state index contributed by atoms with van der Waals surface area (Å²) in [5.74, 6) is -1.22. The first kappa shape index (κ1) is 11.1. The summed E-state index contributed by atoms with van der Waals surface area (Å²) in [4.78, 5) is 10.8. The Hall–Kier alpha value is -1.39. The number of fused-ring (bicyclic) bond motifs is 1. The third kappa shape index (κ3) is 1.81. The molecule has 0 saturated heterocycles. The number of carboxylic acids is 1. The van der Waals surface area contributed by atoms with Gasteiger partial charge in [0.1, 0.15) is 0 Å². The van der Waals surface area contributed by atoms with Gasteiger partial charge in [-0.2, -0.15) is 0 Å². The van der Waals surface area contributed by atoms with E-state index in [1.165, 1.54) is 0 Å². The SMILES string of the molecule is NC1CCCc2c1cccc2C(O)C(=O)O. The normalized spacial score (nSPS) is 21.2. The molecule has 0 fully saturated rings. The highest BCUT2D eigenvalue weighted by molar-refractivity contribution is 5.74. The quantitative estimate of drug-likeness (QED) is 0.699. The van der Waals surface area contributed by atoms with Gasteiger partial charge in [-0.05, 0) is 36.0 Å². The largest absolute Gasteiger partial charge is 0.479 e. The molecule has 0 aliphatic heterocycles. The van der Waals surface area contributed by atoms with Crippen molar-refractivity contribution in [2.24, 2.45) is 5.73 Å². The fourth-order valence-electron chi connectivity index (χ4n) is 2.30. The van der Waals surface area contributed by atoms with Crippen molar-refractivity contribution in [2.75, 3.05) is 0 Å². The number of aliphatic hydroxyl groups excluding tert-OH is 1. The van der Waals surface area contributed by atoms with Crippen LogP contribution in [0.5, 0.6) is 0 Å². The molecule has 0 heterocycles. The predicted molar refractivity (Wildman–Crippen MR) is 58.9 cm³/mol. The number of benzene rings is 1. The Morgan fingerprint density at radius 2 is 2.25 bits per heavy atom. The Labute approximate surface area is 93.7 Å². The zero-order chi connectivity index (χ0) is 11.7. The van der Waals surface area contributed by atoms with E-state index >= 15 is 0 Å². The van der Waals surface area contributed by atoms with E-state index < -0.39 is 12.1 Å². The molecule has 0 aromatic heterocycles. The summed E-state index contributed by atoms with van der Waals surface area (Å²) >= 11 is 0. The average molecular weight is 221 g/mol. The molecule has 4 nitrogen and oxygen atoms in total. The van der Waals surface area contributed by atoms with Crippen LogP contribution in [0.2, 0.25) is 0 Å². The topological polar surface area (TPSA) is 83.5 Å². The molecular formula is C12H15NO3. The van der Waals surface area contributed by atoms with Gasteiger partial charge in [0.05, 0.1) is 0 Å². The van der Waals surface area contributed by atoms with Gasteiger partial charge < -0.3 is 15.9 Å². The lowest BCUT2D eigenvalue weighted by molar-refractivity contribution is -0.147. The maximum absolute atomic E-state index is 10.8. The van der Waals surface area contributed by atoms with Crippen molar-refractivity contribution in [1.29, 1.82) is 0 Å². The third-order valence-electron chi connectivity index (χ3n) is 3.12. The summed E-state index contributed by atoms with van der Waals surface area (Å²) in [7, 11) is 0. The summed E-state index contributed by atoms with van der Waals surface area (Å²) < 4.78 is 0. The summed E-state index contributed by atoms with van der Waals surface area (Å²) in [5.41, 5.74) is 8.34. The number of hydrogen-bond donors (Lipinski definition) is 3. The standard InChI is InChI=1S/C12H15NO3/c13-10-6-2-3-7-8(10)4-1-5-9(7)11(14)12(15)16/h1,4-5,10-11,14H,2-3,6,13H2,(H,15,16). The number of rotatable bonds is 2. The second kappa shape index (κ2) is 4.23. The van der Waals surface area contributed by atoms with Gasteiger partial charge in [0.15, 0.2) is 6.10 Å². The lowest BCUT2D eigenvalue weighted by Gasteiger charge is -2.25. The molecule has 16 heavy (non-hydrogen) atoms. The molecule has 2 atom stereocenters. The van der Waals surface area contributed by atoms with Gasteiger partial charge in [0.25, 0.3) is 0 Å². The van der Waals surface area contributed by atoms with Gasteiger partial charge in [0.2, 0.25) is 0 Å².